The Bertz CT molecular complexity index is 614. The van der Waals surface area contributed by atoms with Gasteiger partial charge in [0.1, 0.15) is 0 Å². The second kappa shape index (κ2) is 5.78. The number of carbonyl (C=O) groups excluding carboxylic acids is 1. The number of nitrogens with two attached hydrogens (primary N) is 1. The SMILES string of the molecule is Cc1cccc(C)c1C(=O)N(C)Cc1cccc(N)c1. The molecule has 3 heteroatoms. The summed E-state index contributed by atoms with van der Waals surface area (Å²) in [6, 6.07) is 13.5. The van der Waals surface area contributed by atoms with Crippen LogP contribution in [-0.2, 0) is 6.54 Å². The quantitative estimate of drug-likeness (QED) is 0.869. The lowest BCUT2D eigenvalue weighted by atomic mass is 10.0. The summed E-state index contributed by atoms with van der Waals surface area (Å²) in [5.74, 6) is 0.0445. The fraction of sp³-hybridized carbons (Fsp3) is 0.235. The van der Waals surface area contributed by atoms with E-state index in [-0.39, 0.29) is 5.91 Å². The first kappa shape index (κ1) is 14.1. The molecule has 0 heterocycles. The van der Waals surface area contributed by atoms with Gasteiger partial charge in [0.25, 0.3) is 5.91 Å². The van der Waals surface area contributed by atoms with Crippen LogP contribution in [0.3, 0.4) is 0 Å². The van der Waals surface area contributed by atoms with Gasteiger partial charge in [-0.05, 0) is 42.7 Å². The topological polar surface area (TPSA) is 46.3 Å². The maximum Gasteiger partial charge on any atom is 0.254 e. The van der Waals surface area contributed by atoms with Gasteiger partial charge in [0.2, 0.25) is 0 Å². The van der Waals surface area contributed by atoms with Gasteiger partial charge in [-0.2, -0.15) is 0 Å². The van der Waals surface area contributed by atoms with E-state index in [2.05, 4.69) is 0 Å². The van der Waals surface area contributed by atoms with Gasteiger partial charge in [-0.1, -0.05) is 30.3 Å². The highest BCUT2D eigenvalue weighted by atomic mass is 16.2. The first-order valence-electron chi connectivity index (χ1n) is 6.65. The molecule has 0 bridgehead atoms. The fourth-order valence-electron chi connectivity index (χ4n) is 2.38. The van der Waals surface area contributed by atoms with E-state index in [4.69, 9.17) is 5.73 Å². The van der Waals surface area contributed by atoms with E-state index >= 15 is 0 Å². The maximum absolute atomic E-state index is 12.6. The first-order valence-corrected chi connectivity index (χ1v) is 6.65. The Balaban J connectivity index is 2.21. The van der Waals surface area contributed by atoms with Gasteiger partial charge in [0, 0.05) is 24.8 Å². The highest BCUT2D eigenvalue weighted by molar-refractivity contribution is 5.96. The van der Waals surface area contributed by atoms with Gasteiger partial charge < -0.3 is 10.6 Å². The molecule has 0 aliphatic rings. The Morgan fingerprint density at radius 2 is 1.70 bits per heavy atom. The molecule has 3 nitrogen and oxygen atoms in total. The molecule has 20 heavy (non-hydrogen) atoms. The Morgan fingerprint density at radius 1 is 1.10 bits per heavy atom. The number of carbonyl (C=O) groups is 1. The standard InChI is InChI=1S/C17H20N2O/c1-12-6-4-7-13(2)16(12)17(20)19(3)11-14-8-5-9-15(18)10-14/h4-10H,11,18H2,1-3H3. The van der Waals surface area contributed by atoms with E-state index in [1.54, 1.807) is 4.90 Å². The average molecular weight is 268 g/mol. The summed E-state index contributed by atoms with van der Waals surface area (Å²) in [7, 11) is 1.82. The number of anilines is 1. The molecule has 0 aromatic heterocycles. The molecule has 2 rings (SSSR count). The third kappa shape index (κ3) is 2.99. The summed E-state index contributed by atoms with van der Waals surface area (Å²) in [5, 5.41) is 0. The molecule has 0 radical (unpaired) electrons. The van der Waals surface area contributed by atoms with Crippen LogP contribution in [0.1, 0.15) is 27.0 Å². The van der Waals surface area contributed by atoms with Crippen molar-refractivity contribution in [3.05, 3.63) is 64.7 Å². The van der Waals surface area contributed by atoms with Gasteiger partial charge in [-0.15, -0.1) is 0 Å². The van der Waals surface area contributed by atoms with Crippen LogP contribution < -0.4 is 5.73 Å². The summed E-state index contributed by atoms with van der Waals surface area (Å²) in [5.41, 5.74) is 10.3. The molecule has 0 unspecified atom stereocenters. The minimum atomic E-state index is 0.0445. The van der Waals surface area contributed by atoms with Gasteiger partial charge in [0.15, 0.2) is 0 Å². The van der Waals surface area contributed by atoms with Crippen molar-refractivity contribution in [2.24, 2.45) is 0 Å². The third-order valence-electron chi connectivity index (χ3n) is 3.41. The zero-order valence-corrected chi connectivity index (χ0v) is 12.2. The number of nitrogen functional groups attached to an aromatic ring is 1. The minimum Gasteiger partial charge on any atom is -0.399 e. The molecule has 0 saturated heterocycles. The van der Waals surface area contributed by atoms with Crippen molar-refractivity contribution in [3.8, 4) is 0 Å². The lowest BCUT2D eigenvalue weighted by Gasteiger charge is -2.20. The Labute approximate surface area is 120 Å². The van der Waals surface area contributed by atoms with Crippen molar-refractivity contribution >= 4 is 11.6 Å². The Morgan fingerprint density at radius 3 is 2.30 bits per heavy atom. The monoisotopic (exact) mass is 268 g/mol. The molecule has 104 valence electrons. The fourth-order valence-corrected chi connectivity index (χ4v) is 2.38. The zero-order chi connectivity index (χ0) is 14.7. The second-order valence-corrected chi connectivity index (χ2v) is 5.17. The van der Waals surface area contributed by atoms with Gasteiger partial charge in [-0.3, -0.25) is 4.79 Å². The summed E-state index contributed by atoms with van der Waals surface area (Å²) in [6.07, 6.45) is 0. The zero-order valence-electron chi connectivity index (χ0n) is 12.2. The molecular weight excluding hydrogens is 248 g/mol. The molecule has 0 atom stereocenters. The van der Waals surface area contributed by atoms with E-state index in [1.807, 2.05) is 63.4 Å². The Kier molecular flexibility index (Phi) is 4.08. The number of amides is 1. The largest absolute Gasteiger partial charge is 0.399 e. The van der Waals surface area contributed by atoms with Crippen LogP contribution in [0.2, 0.25) is 0 Å². The molecule has 2 aromatic carbocycles. The molecule has 0 saturated carbocycles. The van der Waals surface area contributed by atoms with Crippen LogP contribution >= 0.6 is 0 Å². The lowest BCUT2D eigenvalue weighted by Crippen LogP contribution is -2.27. The van der Waals surface area contributed by atoms with Crippen LogP contribution in [0.5, 0.6) is 0 Å². The molecule has 0 aliphatic heterocycles. The van der Waals surface area contributed by atoms with Crippen molar-refractivity contribution < 1.29 is 4.79 Å². The molecule has 0 aliphatic carbocycles. The summed E-state index contributed by atoms with van der Waals surface area (Å²) in [6.45, 7) is 4.49. The first-order chi connectivity index (χ1) is 9.49. The number of hydrogen-bond donors (Lipinski definition) is 1. The van der Waals surface area contributed by atoms with E-state index in [9.17, 15) is 4.79 Å². The highest BCUT2D eigenvalue weighted by Crippen LogP contribution is 2.17. The maximum atomic E-state index is 12.6. The predicted molar refractivity (Wildman–Crippen MR) is 82.6 cm³/mol. The van der Waals surface area contributed by atoms with Crippen LogP contribution in [-0.4, -0.2) is 17.9 Å². The summed E-state index contributed by atoms with van der Waals surface area (Å²) >= 11 is 0. The molecule has 1 amide bonds. The van der Waals surface area contributed by atoms with E-state index in [0.717, 1.165) is 27.9 Å². The number of nitrogens with zero attached hydrogens (tertiary/aromatic N) is 1. The molecule has 0 spiro atoms. The third-order valence-corrected chi connectivity index (χ3v) is 3.41. The number of hydrogen-bond acceptors (Lipinski definition) is 2. The Hall–Kier alpha value is -2.29. The van der Waals surface area contributed by atoms with Crippen molar-refractivity contribution in [3.63, 3.8) is 0 Å². The van der Waals surface area contributed by atoms with Crippen LogP contribution in [0, 0.1) is 13.8 Å². The molecule has 2 N–H and O–H groups in total. The van der Waals surface area contributed by atoms with Gasteiger partial charge in [0.05, 0.1) is 0 Å². The van der Waals surface area contributed by atoms with Crippen LogP contribution in [0.15, 0.2) is 42.5 Å². The molecule has 0 fully saturated rings. The summed E-state index contributed by atoms with van der Waals surface area (Å²) in [4.78, 5) is 14.3. The van der Waals surface area contributed by atoms with Crippen molar-refractivity contribution in [1.29, 1.82) is 0 Å². The summed E-state index contributed by atoms with van der Waals surface area (Å²) < 4.78 is 0. The van der Waals surface area contributed by atoms with Crippen LogP contribution in [0.4, 0.5) is 5.69 Å². The van der Waals surface area contributed by atoms with E-state index in [1.165, 1.54) is 0 Å². The van der Waals surface area contributed by atoms with Crippen molar-refractivity contribution in [2.75, 3.05) is 12.8 Å². The highest BCUT2D eigenvalue weighted by Gasteiger charge is 2.16. The number of rotatable bonds is 3. The number of aryl methyl sites for hydroxylation is 2. The van der Waals surface area contributed by atoms with E-state index in [0.29, 0.717) is 6.54 Å². The lowest BCUT2D eigenvalue weighted by molar-refractivity contribution is 0.0783. The minimum absolute atomic E-state index is 0.0445. The van der Waals surface area contributed by atoms with Gasteiger partial charge in [-0.25, -0.2) is 0 Å². The predicted octanol–water partition coefficient (Wildman–Crippen LogP) is 3.16. The number of benzene rings is 2. The second-order valence-electron chi connectivity index (χ2n) is 5.17. The smallest absolute Gasteiger partial charge is 0.254 e. The van der Waals surface area contributed by atoms with Gasteiger partial charge >= 0.3 is 0 Å². The van der Waals surface area contributed by atoms with Crippen molar-refractivity contribution in [1.82, 2.24) is 4.90 Å². The molecule has 2 aromatic rings. The average Bonchev–Trinajstić information content (AvgIpc) is 2.38. The molecular formula is C17H20N2O. The van der Waals surface area contributed by atoms with Crippen molar-refractivity contribution in [2.45, 2.75) is 20.4 Å². The normalized spacial score (nSPS) is 10.3. The van der Waals surface area contributed by atoms with Crippen LogP contribution in [0.25, 0.3) is 0 Å². The van der Waals surface area contributed by atoms with E-state index < -0.39 is 0 Å².